The van der Waals surface area contributed by atoms with Gasteiger partial charge < -0.3 is 13.9 Å². The molecular weight excluding hydrogens is 361 g/mol. The van der Waals surface area contributed by atoms with Gasteiger partial charge >= 0.3 is 0 Å². The summed E-state index contributed by atoms with van der Waals surface area (Å²) >= 11 is 12.2. The fourth-order valence-electron chi connectivity index (χ4n) is 2.52. The molecule has 7 heteroatoms. The van der Waals surface area contributed by atoms with E-state index in [0.717, 1.165) is 11.4 Å². The van der Waals surface area contributed by atoms with Gasteiger partial charge in [0.2, 0.25) is 0 Å². The predicted octanol–water partition coefficient (Wildman–Crippen LogP) is 4.49. The second kappa shape index (κ2) is 7.76. The van der Waals surface area contributed by atoms with E-state index in [1.165, 1.54) is 6.26 Å². The zero-order valence-electron chi connectivity index (χ0n) is 13.7. The number of carbonyl (C=O) groups excluding carboxylic acids is 1. The molecule has 1 amide bonds. The Morgan fingerprint density at radius 2 is 2.16 bits per heavy atom. The maximum atomic E-state index is 12.5. The van der Waals surface area contributed by atoms with Gasteiger partial charge in [0.05, 0.1) is 19.4 Å². The molecule has 25 heavy (non-hydrogen) atoms. The van der Waals surface area contributed by atoms with E-state index in [4.69, 9.17) is 27.6 Å². The molecule has 2 aromatic heterocycles. The summed E-state index contributed by atoms with van der Waals surface area (Å²) in [6.07, 6.45) is 5.07. The van der Waals surface area contributed by atoms with Crippen LogP contribution < -0.4 is 0 Å². The van der Waals surface area contributed by atoms with Gasteiger partial charge in [0.1, 0.15) is 5.82 Å². The Morgan fingerprint density at radius 3 is 2.84 bits per heavy atom. The number of hydrogen-bond acceptors (Lipinski definition) is 3. The minimum Gasteiger partial charge on any atom is -0.459 e. The molecule has 0 saturated carbocycles. The SMILES string of the molecule is CCN(Cc1nccn1Cc1ccc(Cl)cc1Cl)C(=O)c1ccco1. The summed E-state index contributed by atoms with van der Waals surface area (Å²) in [5.41, 5.74) is 0.936. The summed E-state index contributed by atoms with van der Waals surface area (Å²) in [6, 6.07) is 8.77. The molecule has 2 heterocycles. The van der Waals surface area contributed by atoms with E-state index in [-0.39, 0.29) is 5.91 Å². The summed E-state index contributed by atoms with van der Waals surface area (Å²) in [7, 11) is 0. The van der Waals surface area contributed by atoms with Crippen LogP contribution in [0.5, 0.6) is 0 Å². The van der Waals surface area contributed by atoms with E-state index in [0.29, 0.717) is 35.4 Å². The van der Waals surface area contributed by atoms with E-state index in [1.54, 1.807) is 35.4 Å². The van der Waals surface area contributed by atoms with E-state index in [9.17, 15) is 4.79 Å². The monoisotopic (exact) mass is 377 g/mol. The number of carbonyl (C=O) groups is 1. The molecule has 0 N–H and O–H groups in total. The summed E-state index contributed by atoms with van der Waals surface area (Å²) in [5, 5.41) is 1.20. The Labute approximate surface area is 155 Å². The van der Waals surface area contributed by atoms with Crippen LogP contribution in [0.3, 0.4) is 0 Å². The molecule has 0 aliphatic carbocycles. The third-order valence-corrected chi connectivity index (χ3v) is 4.48. The molecule has 130 valence electrons. The van der Waals surface area contributed by atoms with Crippen LogP contribution in [0, 0.1) is 0 Å². The van der Waals surface area contributed by atoms with Gasteiger partial charge in [0.25, 0.3) is 5.91 Å². The number of furan rings is 1. The number of imidazole rings is 1. The first-order valence-corrected chi connectivity index (χ1v) is 8.60. The maximum absolute atomic E-state index is 12.5. The highest BCUT2D eigenvalue weighted by atomic mass is 35.5. The van der Waals surface area contributed by atoms with Gasteiger partial charge in [0.15, 0.2) is 5.76 Å². The number of amides is 1. The molecule has 3 rings (SSSR count). The van der Waals surface area contributed by atoms with Crippen molar-refractivity contribution in [1.29, 1.82) is 0 Å². The Balaban J connectivity index is 1.77. The van der Waals surface area contributed by atoms with Crippen LogP contribution in [0.2, 0.25) is 10.0 Å². The summed E-state index contributed by atoms with van der Waals surface area (Å²) in [5.74, 6) is 0.931. The highest BCUT2D eigenvalue weighted by molar-refractivity contribution is 6.35. The largest absolute Gasteiger partial charge is 0.459 e. The third kappa shape index (κ3) is 4.06. The van der Waals surface area contributed by atoms with Gasteiger partial charge in [-0.3, -0.25) is 4.79 Å². The third-order valence-electron chi connectivity index (χ3n) is 3.89. The number of hydrogen-bond donors (Lipinski definition) is 0. The normalized spacial score (nSPS) is 10.8. The van der Waals surface area contributed by atoms with Crippen LogP contribution in [0.4, 0.5) is 0 Å². The molecule has 1 aromatic carbocycles. The Morgan fingerprint density at radius 1 is 1.32 bits per heavy atom. The highest BCUT2D eigenvalue weighted by Crippen LogP contribution is 2.22. The lowest BCUT2D eigenvalue weighted by molar-refractivity contribution is 0.0714. The number of halogens is 2. The lowest BCUT2D eigenvalue weighted by atomic mass is 10.2. The molecular formula is C18H17Cl2N3O2. The minimum absolute atomic E-state index is 0.161. The fourth-order valence-corrected chi connectivity index (χ4v) is 2.99. The van der Waals surface area contributed by atoms with Gasteiger partial charge in [-0.15, -0.1) is 0 Å². The molecule has 0 radical (unpaired) electrons. The first kappa shape index (κ1) is 17.6. The van der Waals surface area contributed by atoms with Gasteiger partial charge in [0, 0.05) is 29.0 Å². The molecule has 0 bridgehead atoms. The van der Waals surface area contributed by atoms with Crippen molar-refractivity contribution in [3.05, 3.63) is 76.2 Å². The number of aromatic nitrogens is 2. The molecule has 0 atom stereocenters. The zero-order valence-corrected chi connectivity index (χ0v) is 15.2. The molecule has 0 fully saturated rings. The van der Waals surface area contributed by atoms with Crippen molar-refractivity contribution in [3.63, 3.8) is 0 Å². The molecule has 0 aliphatic rings. The molecule has 0 saturated heterocycles. The van der Waals surface area contributed by atoms with Crippen LogP contribution in [0.1, 0.15) is 28.9 Å². The van der Waals surface area contributed by atoms with Crippen molar-refractivity contribution in [2.75, 3.05) is 6.54 Å². The molecule has 5 nitrogen and oxygen atoms in total. The summed E-state index contributed by atoms with van der Waals surface area (Å²) < 4.78 is 7.17. The molecule has 0 unspecified atom stereocenters. The second-order valence-electron chi connectivity index (χ2n) is 5.50. The fraction of sp³-hybridized carbons (Fsp3) is 0.222. The van der Waals surface area contributed by atoms with E-state index >= 15 is 0 Å². The zero-order chi connectivity index (χ0) is 17.8. The van der Waals surface area contributed by atoms with E-state index in [1.807, 2.05) is 23.8 Å². The van der Waals surface area contributed by atoms with Crippen molar-refractivity contribution in [2.45, 2.75) is 20.0 Å². The average Bonchev–Trinajstić information content (AvgIpc) is 3.26. The Hall–Kier alpha value is -2.24. The van der Waals surface area contributed by atoms with E-state index < -0.39 is 0 Å². The summed E-state index contributed by atoms with van der Waals surface area (Å²) in [6.45, 7) is 3.41. The first-order chi connectivity index (χ1) is 12.1. The first-order valence-electron chi connectivity index (χ1n) is 7.85. The van der Waals surface area contributed by atoms with Crippen molar-refractivity contribution in [3.8, 4) is 0 Å². The average molecular weight is 378 g/mol. The maximum Gasteiger partial charge on any atom is 0.289 e. The topological polar surface area (TPSA) is 51.3 Å². The van der Waals surface area contributed by atoms with Crippen molar-refractivity contribution < 1.29 is 9.21 Å². The molecule has 3 aromatic rings. The predicted molar refractivity (Wildman–Crippen MR) is 96.9 cm³/mol. The Kier molecular flexibility index (Phi) is 5.46. The smallest absolute Gasteiger partial charge is 0.289 e. The summed E-state index contributed by atoms with van der Waals surface area (Å²) in [4.78, 5) is 18.5. The van der Waals surface area contributed by atoms with Crippen LogP contribution in [0.15, 0.2) is 53.4 Å². The van der Waals surface area contributed by atoms with E-state index in [2.05, 4.69) is 4.98 Å². The van der Waals surface area contributed by atoms with Crippen LogP contribution in [-0.4, -0.2) is 26.9 Å². The van der Waals surface area contributed by atoms with Gasteiger partial charge in [-0.25, -0.2) is 4.98 Å². The lowest BCUT2D eigenvalue weighted by Gasteiger charge is -2.20. The van der Waals surface area contributed by atoms with Gasteiger partial charge in [-0.1, -0.05) is 29.3 Å². The van der Waals surface area contributed by atoms with Crippen molar-refractivity contribution in [2.24, 2.45) is 0 Å². The molecule has 0 spiro atoms. The van der Waals surface area contributed by atoms with Crippen molar-refractivity contribution in [1.82, 2.24) is 14.5 Å². The van der Waals surface area contributed by atoms with Gasteiger partial charge in [-0.2, -0.15) is 0 Å². The Bertz CT molecular complexity index is 859. The van der Waals surface area contributed by atoms with Crippen molar-refractivity contribution >= 4 is 29.1 Å². The quantitative estimate of drug-likeness (QED) is 0.635. The highest BCUT2D eigenvalue weighted by Gasteiger charge is 2.19. The minimum atomic E-state index is -0.161. The van der Waals surface area contributed by atoms with Gasteiger partial charge in [-0.05, 0) is 36.8 Å². The van der Waals surface area contributed by atoms with Crippen LogP contribution in [-0.2, 0) is 13.1 Å². The second-order valence-corrected chi connectivity index (χ2v) is 6.35. The number of nitrogens with zero attached hydrogens (tertiary/aromatic N) is 3. The number of benzene rings is 1. The number of rotatable bonds is 6. The van der Waals surface area contributed by atoms with Crippen LogP contribution in [0.25, 0.3) is 0 Å². The van der Waals surface area contributed by atoms with Crippen LogP contribution >= 0.6 is 23.2 Å². The molecule has 0 aliphatic heterocycles. The lowest BCUT2D eigenvalue weighted by Crippen LogP contribution is -2.31. The standard InChI is InChI=1S/C18H17Cl2N3O2/c1-2-22(18(24)16-4-3-9-25-16)12-17-21-7-8-23(17)11-13-5-6-14(19)10-15(13)20/h3-10H,2,11-12H2,1H3.